The maximum Gasteiger partial charge on any atom is 0.586 e. The molecular formula is C25H21F2N3O6. The highest BCUT2D eigenvalue weighted by atomic mass is 19.3. The van der Waals surface area contributed by atoms with Crippen LogP contribution >= 0.6 is 0 Å². The van der Waals surface area contributed by atoms with E-state index in [1.54, 1.807) is 24.3 Å². The van der Waals surface area contributed by atoms with Crippen LogP contribution in [-0.2, 0) is 26.2 Å². The number of aryl methyl sites for hydroxylation is 1. The number of benzene rings is 1. The number of esters is 1. The van der Waals surface area contributed by atoms with Crippen molar-refractivity contribution < 1.29 is 32.6 Å². The number of hydrogen-bond acceptors (Lipinski definition) is 7. The number of aromatic amines is 1. The summed E-state index contributed by atoms with van der Waals surface area (Å²) in [6.45, 7) is 1.82. The summed E-state index contributed by atoms with van der Waals surface area (Å²) >= 11 is 0. The molecule has 2 N–H and O–H groups in total. The number of pyridine rings is 2. The highest BCUT2D eigenvalue weighted by Crippen LogP contribution is 2.52. The van der Waals surface area contributed by atoms with E-state index in [1.165, 1.54) is 25.4 Å². The molecule has 1 aliphatic heterocycles. The van der Waals surface area contributed by atoms with E-state index in [9.17, 15) is 23.2 Å². The van der Waals surface area contributed by atoms with Gasteiger partial charge in [-0.2, -0.15) is 0 Å². The summed E-state index contributed by atoms with van der Waals surface area (Å²) in [7, 11) is 1.24. The molecule has 11 heteroatoms. The molecule has 1 aromatic carbocycles. The number of hydrogen-bond donors (Lipinski definition) is 2. The smallest absolute Gasteiger partial charge is 0.469 e. The van der Waals surface area contributed by atoms with Crippen molar-refractivity contribution in [2.75, 3.05) is 12.4 Å². The Hall–Kier alpha value is -4.28. The van der Waals surface area contributed by atoms with Gasteiger partial charge >= 0.3 is 12.3 Å². The molecule has 0 bridgehead atoms. The van der Waals surface area contributed by atoms with Crippen LogP contribution in [0, 0.1) is 6.92 Å². The monoisotopic (exact) mass is 497 g/mol. The number of methoxy groups -OCH3 is 1. The van der Waals surface area contributed by atoms with Gasteiger partial charge in [0, 0.05) is 17.3 Å². The summed E-state index contributed by atoms with van der Waals surface area (Å²) in [4.78, 5) is 44.1. The number of carbonyl (C=O) groups is 2. The van der Waals surface area contributed by atoms with Gasteiger partial charge in [0.1, 0.15) is 5.82 Å². The number of amides is 1. The Balaban J connectivity index is 1.39. The Morgan fingerprint density at radius 1 is 1.14 bits per heavy atom. The SMILES string of the molecule is COC(=O)Cc1cc(-c2nc(NC(=O)C3(c4ccc5c(c4)OC(F)(F)O5)CC3)ccc2C)c[nH]c1=O. The van der Waals surface area contributed by atoms with Crippen LogP contribution in [0.3, 0.4) is 0 Å². The van der Waals surface area contributed by atoms with Gasteiger partial charge in [-0.3, -0.25) is 14.4 Å². The third-order valence-electron chi connectivity index (χ3n) is 6.29. The van der Waals surface area contributed by atoms with E-state index in [0.29, 0.717) is 29.7 Å². The van der Waals surface area contributed by atoms with Gasteiger partial charge in [-0.1, -0.05) is 12.1 Å². The van der Waals surface area contributed by atoms with Crippen molar-refractivity contribution in [2.45, 2.75) is 37.9 Å². The second-order valence-electron chi connectivity index (χ2n) is 8.72. The van der Waals surface area contributed by atoms with Gasteiger partial charge in [0.05, 0.1) is 24.6 Å². The van der Waals surface area contributed by atoms with E-state index < -0.39 is 23.2 Å². The number of ether oxygens (including phenoxy) is 3. The lowest BCUT2D eigenvalue weighted by Crippen LogP contribution is -2.28. The first-order valence-corrected chi connectivity index (χ1v) is 11.1. The van der Waals surface area contributed by atoms with E-state index in [1.807, 2.05) is 6.92 Å². The first-order chi connectivity index (χ1) is 17.1. The Morgan fingerprint density at radius 2 is 1.89 bits per heavy atom. The predicted octanol–water partition coefficient (Wildman–Crippen LogP) is 3.45. The van der Waals surface area contributed by atoms with Gasteiger partial charge in [0.2, 0.25) is 5.91 Å². The lowest BCUT2D eigenvalue weighted by molar-refractivity contribution is -0.286. The van der Waals surface area contributed by atoms with Crippen LogP contribution in [0.25, 0.3) is 11.3 Å². The number of halogens is 2. The van der Waals surface area contributed by atoms with Gasteiger partial charge in [-0.25, -0.2) is 4.98 Å². The minimum absolute atomic E-state index is 0.0859. The molecule has 5 rings (SSSR count). The molecule has 2 aromatic heterocycles. The number of nitrogens with one attached hydrogen (secondary N) is 2. The molecule has 1 aliphatic carbocycles. The highest BCUT2D eigenvalue weighted by molar-refractivity contribution is 6.01. The lowest BCUT2D eigenvalue weighted by atomic mass is 9.94. The fraction of sp³-hybridized carbons (Fsp3) is 0.280. The Morgan fingerprint density at radius 3 is 2.61 bits per heavy atom. The number of fused-ring (bicyclic) bond motifs is 1. The van der Waals surface area contributed by atoms with E-state index >= 15 is 0 Å². The second kappa shape index (κ2) is 8.43. The molecule has 3 aromatic rings. The molecule has 0 saturated heterocycles. The second-order valence-corrected chi connectivity index (χ2v) is 8.72. The summed E-state index contributed by atoms with van der Waals surface area (Å²) in [5.41, 5.74) is 1.30. The number of aromatic nitrogens is 2. The van der Waals surface area contributed by atoms with Crippen LogP contribution in [0.1, 0.15) is 29.5 Å². The van der Waals surface area contributed by atoms with Crippen LogP contribution in [0.15, 0.2) is 47.4 Å². The van der Waals surface area contributed by atoms with Crippen LogP contribution < -0.4 is 20.3 Å². The lowest BCUT2D eigenvalue weighted by Gasteiger charge is -2.17. The molecular weight excluding hydrogens is 476 g/mol. The summed E-state index contributed by atoms with van der Waals surface area (Å²) in [6.07, 6.45) is -1.39. The average Bonchev–Trinajstić information content (AvgIpc) is 3.58. The highest BCUT2D eigenvalue weighted by Gasteiger charge is 2.53. The van der Waals surface area contributed by atoms with Crippen molar-refractivity contribution in [1.82, 2.24) is 9.97 Å². The molecule has 0 radical (unpaired) electrons. The summed E-state index contributed by atoms with van der Waals surface area (Å²) in [5, 5.41) is 2.82. The van der Waals surface area contributed by atoms with Crippen molar-refractivity contribution >= 4 is 17.7 Å². The Kier molecular flexibility index (Phi) is 5.50. The number of alkyl halides is 2. The fourth-order valence-corrected chi connectivity index (χ4v) is 4.17. The number of anilines is 1. The average molecular weight is 497 g/mol. The van der Waals surface area contributed by atoms with Crippen molar-refractivity contribution in [3.8, 4) is 22.8 Å². The van der Waals surface area contributed by atoms with Crippen LogP contribution in [0.2, 0.25) is 0 Å². The van der Waals surface area contributed by atoms with Crippen molar-refractivity contribution in [1.29, 1.82) is 0 Å². The molecule has 1 fully saturated rings. The number of H-pyrrole nitrogens is 1. The van der Waals surface area contributed by atoms with Crippen molar-refractivity contribution in [2.24, 2.45) is 0 Å². The number of rotatable bonds is 6. The van der Waals surface area contributed by atoms with Crippen LogP contribution in [0.5, 0.6) is 11.5 Å². The minimum Gasteiger partial charge on any atom is -0.469 e. The Labute approximate surface area is 203 Å². The number of nitrogens with zero attached hydrogens (tertiary/aromatic N) is 1. The normalized spacial score (nSPS) is 16.3. The molecule has 9 nitrogen and oxygen atoms in total. The largest absolute Gasteiger partial charge is 0.586 e. The third kappa shape index (κ3) is 4.28. The van der Waals surface area contributed by atoms with Crippen LogP contribution in [-0.4, -0.2) is 35.2 Å². The predicted molar refractivity (Wildman–Crippen MR) is 123 cm³/mol. The molecule has 1 saturated carbocycles. The first kappa shape index (κ1) is 23.5. The molecule has 0 spiro atoms. The molecule has 2 aliphatic rings. The first-order valence-electron chi connectivity index (χ1n) is 11.1. The third-order valence-corrected chi connectivity index (χ3v) is 6.29. The van der Waals surface area contributed by atoms with Gasteiger partial charge < -0.3 is 24.5 Å². The van der Waals surface area contributed by atoms with E-state index in [4.69, 9.17) is 0 Å². The molecule has 186 valence electrons. The molecule has 0 unspecified atom stereocenters. The summed E-state index contributed by atoms with van der Waals surface area (Å²) in [5.74, 6) is -0.807. The van der Waals surface area contributed by atoms with E-state index in [2.05, 4.69) is 29.5 Å². The molecule has 1 amide bonds. The standard InChI is InChI=1S/C25H21F2N3O6/c1-13-3-6-19(29-21(13)15-9-14(10-20(31)34-2)22(32)28-12-15)30-23(33)24(7-8-24)16-4-5-17-18(11-16)36-25(26,27)35-17/h3-6,9,11-12H,7-8,10H2,1-2H3,(H,28,32)(H,29,30,33). The zero-order valence-electron chi connectivity index (χ0n) is 19.3. The molecule has 3 heterocycles. The zero-order valence-corrected chi connectivity index (χ0v) is 19.3. The van der Waals surface area contributed by atoms with E-state index in [0.717, 1.165) is 5.56 Å². The summed E-state index contributed by atoms with van der Waals surface area (Å²) in [6, 6.07) is 9.32. The molecule has 36 heavy (non-hydrogen) atoms. The molecule has 0 atom stereocenters. The van der Waals surface area contributed by atoms with Gasteiger partial charge in [-0.15, -0.1) is 8.78 Å². The van der Waals surface area contributed by atoms with Gasteiger partial charge in [-0.05, 0) is 55.2 Å². The Bertz CT molecular complexity index is 1450. The van der Waals surface area contributed by atoms with Gasteiger partial charge in [0.25, 0.3) is 5.56 Å². The maximum absolute atomic E-state index is 13.4. The maximum atomic E-state index is 13.4. The summed E-state index contributed by atoms with van der Waals surface area (Å²) < 4.78 is 40.4. The van der Waals surface area contributed by atoms with Gasteiger partial charge in [0.15, 0.2) is 11.5 Å². The quantitative estimate of drug-likeness (QED) is 0.501. The number of carbonyl (C=O) groups excluding carboxylic acids is 2. The topological polar surface area (TPSA) is 120 Å². The van der Waals surface area contributed by atoms with Crippen LogP contribution in [0.4, 0.5) is 14.6 Å². The van der Waals surface area contributed by atoms with Crippen molar-refractivity contribution in [3.05, 3.63) is 69.6 Å². The minimum atomic E-state index is -3.74. The fourth-order valence-electron chi connectivity index (χ4n) is 4.17. The van der Waals surface area contributed by atoms with E-state index in [-0.39, 0.29) is 35.2 Å². The zero-order chi connectivity index (χ0) is 25.7. The van der Waals surface area contributed by atoms with Crippen molar-refractivity contribution in [3.63, 3.8) is 0 Å².